The van der Waals surface area contributed by atoms with Crippen molar-refractivity contribution in [2.75, 3.05) is 20.8 Å². The van der Waals surface area contributed by atoms with Crippen LogP contribution >= 0.6 is 24.4 Å². The first-order valence-corrected chi connectivity index (χ1v) is 6.09. The molecule has 0 aromatic heterocycles. The van der Waals surface area contributed by atoms with Crippen LogP contribution < -0.4 is 0 Å². The fraction of sp³-hybridized carbons (Fsp3) is 0.400. The second-order valence-electron chi connectivity index (χ2n) is 2.67. The van der Waals surface area contributed by atoms with Crippen molar-refractivity contribution < 1.29 is 28.9 Å². The second kappa shape index (κ2) is 8.76. The summed E-state index contributed by atoms with van der Waals surface area (Å²) in [5, 5.41) is 10.4. The summed E-state index contributed by atoms with van der Waals surface area (Å²) in [6.45, 7) is 1.95. The molecule has 0 aliphatic rings. The molecule has 0 unspecified atom stereocenters. The van der Waals surface area contributed by atoms with Gasteiger partial charge in [0, 0.05) is 0 Å². The Kier molecular flexibility index (Phi) is 8.14. The molecule has 1 N–H and O–H groups in total. The second-order valence-corrected chi connectivity index (χ2v) is 3.99. The molecule has 0 aliphatic carbocycles. The van der Waals surface area contributed by atoms with Crippen LogP contribution in [0.5, 0.6) is 0 Å². The van der Waals surface area contributed by atoms with E-state index in [0.29, 0.717) is 0 Å². The molecule has 0 aromatic rings. The molecule has 0 amide bonds. The molecule has 18 heavy (non-hydrogen) atoms. The van der Waals surface area contributed by atoms with E-state index in [9.17, 15) is 14.7 Å². The van der Waals surface area contributed by atoms with Crippen molar-refractivity contribution in [1.82, 2.24) is 0 Å². The van der Waals surface area contributed by atoms with Crippen molar-refractivity contribution in [2.45, 2.75) is 6.92 Å². The quantitative estimate of drug-likeness (QED) is 0.333. The Hall–Kier alpha value is -1.28. The predicted molar refractivity (Wildman–Crippen MR) is 70.0 cm³/mol. The van der Waals surface area contributed by atoms with E-state index in [0.717, 1.165) is 31.4 Å². The minimum Gasteiger partial charge on any atom is -0.481 e. The number of esters is 2. The molecule has 0 radical (unpaired) electrons. The number of aliphatic hydroxyl groups is 1. The largest absolute Gasteiger partial charge is 0.481 e. The summed E-state index contributed by atoms with van der Waals surface area (Å²) in [5.41, 5.74) is 0. The molecule has 0 heterocycles. The zero-order valence-corrected chi connectivity index (χ0v) is 11.8. The van der Waals surface area contributed by atoms with Gasteiger partial charge in [-0.15, -0.1) is 12.6 Å². The maximum atomic E-state index is 11.4. The SMILES string of the molecule is CCO/C(O)=C/S/C(C(=O)OC)=C(\S)C(=O)OC. The summed E-state index contributed by atoms with van der Waals surface area (Å²) >= 11 is 4.62. The normalized spacial score (nSPS) is 12.6. The molecule has 102 valence electrons. The van der Waals surface area contributed by atoms with Gasteiger partial charge in [-0.25, -0.2) is 9.59 Å². The number of thioether (sulfide) groups is 1. The standard InChI is InChI=1S/C10H14O6S2/c1-4-16-6(11)5-18-8(10(13)15-3)7(17)9(12)14-2/h5,11,17H,4H2,1-3H3/b6-5+,8-7-. The van der Waals surface area contributed by atoms with Crippen LogP contribution in [0.3, 0.4) is 0 Å². The third-order valence-electron chi connectivity index (χ3n) is 1.53. The van der Waals surface area contributed by atoms with Gasteiger partial charge in [0.1, 0.15) is 9.81 Å². The molecule has 0 saturated carbocycles. The number of carbonyl (C=O) groups is 2. The fourth-order valence-corrected chi connectivity index (χ4v) is 1.78. The molecule has 0 fully saturated rings. The average Bonchev–Trinajstić information content (AvgIpc) is 2.37. The molecule has 0 aromatic carbocycles. The van der Waals surface area contributed by atoms with Crippen LogP contribution in [0.15, 0.2) is 21.2 Å². The van der Waals surface area contributed by atoms with Crippen LogP contribution in [0, 0.1) is 0 Å². The molecule has 0 aliphatic heterocycles. The number of carbonyl (C=O) groups excluding carboxylic acids is 2. The smallest absolute Gasteiger partial charge is 0.346 e. The van der Waals surface area contributed by atoms with Gasteiger partial charge in [0.2, 0.25) is 0 Å². The van der Waals surface area contributed by atoms with Crippen LogP contribution in [0.4, 0.5) is 0 Å². The van der Waals surface area contributed by atoms with Crippen molar-refractivity contribution in [3.63, 3.8) is 0 Å². The highest BCUT2D eigenvalue weighted by Gasteiger charge is 2.20. The van der Waals surface area contributed by atoms with Crippen molar-refractivity contribution in [3.05, 3.63) is 21.2 Å². The van der Waals surface area contributed by atoms with Gasteiger partial charge in [-0.3, -0.25) is 0 Å². The van der Waals surface area contributed by atoms with Gasteiger partial charge in [-0.1, -0.05) is 11.8 Å². The van der Waals surface area contributed by atoms with E-state index in [-0.39, 0.29) is 22.4 Å². The molecular weight excluding hydrogens is 280 g/mol. The monoisotopic (exact) mass is 294 g/mol. The van der Waals surface area contributed by atoms with Crippen LogP contribution in [0.1, 0.15) is 6.92 Å². The highest BCUT2D eigenvalue weighted by atomic mass is 32.2. The molecule has 0 spiro atoms. The summed E-state index contributed by atoms with van der Waals surface area (Å²) in [6.07, 6.45) is 0. The summed E-state index contributed by atoms with van der Waals surface area (Å²) in [6, 6.07) is 0. The Morgan fingerprint density at radius 2 is 1.83 bits per heavy atom. The lowest BCUT2D eigenvalue weighted by atomic mass is 10.5. The van der Waals surface area contributed by atoms with Crippen molar-refractivity contribution in [2.24, 2.45) is 0 Å². The van der Waals surface area contributed by atoms with E-state index in [1.165, 1.54) is 0 Å². The molecule has 0 bridgehead atoms. The summed E-state index contributed by atoms with van der Waals surface area (Å²) < 4.78 is 13.7. The summed E-state index contributed by atoms with van der Waals surface area (Å²) in [7, 11) is 2.32. The molecule has 8 heteroatoms. The van der Waals surface area contributed by atoms with Gasteiger partial charge in [0.15, 0.2) is 0 Å². The van der Waals surface area contributed by atoms with E-state index >= 15 is 0 Å². The van der Waals surface area contributed by atoms with Crippen molar-refractivity contribution in [3.8, 4) is 0 Å². The zero-order valence-electron chi connectivity index (χ0n) is 10.1. The number of hydrogen-bond donors (Lipinski definition) is 2. The summed E-state index contributed by atoms with van der Waals surface area (Å²) in [5.74, 6) is -1.93. The van der Waals surface area contributed by atoms with E-state index in [4.69, 9.17) is 4.74 Å². The first-order valence-electron chi connectivity index (χ1n) is 4.76. The highest BCUT2D eigenvalue weighted by Crippen LogP contribution is 2.26. The maximum Gasteiger partial charge on any atom is 0.346 e. The van der Waals surface area contributed by atoms with Gasteiger partial charge in [0.25, 0.3) is 5.95 Å². The molecule has 0 atom stereocenters. The van der Waals surface area contributed by atoms with Crippen molar-refractivity contribution in [1.29, 1.82) is 0 Å². The number of aliphatic hydroxyl groups excluding tert-OH is 1. The molecule has 6 nitrogen and oxygen atoms in total. The number of hydrogen-bond acceptors (Lipinski definition) is 8. The van der Waals surface area contributed by atoms with Crippen LogP contribution in [-0.2, 0) is 23.8 Å². The lowest BCUT2D eigenvalue weighted by Crippen LogP contribution is -2.09. The number of thiol groups is 1. The topological polar surface area (TPSA) is 82.1 Å². The van der Waals surface area contributed by atoms with E-state index in [2.05, 4.69) is 22.1 Å². The Labute approximate surface area is 114 Å². The van der Waals surface area contributed by atoms with E-state index < -0.39 is 11.9 Å². The van der Waals surface area contributed by atoms with Crippen molar-refractivity contribution >= 4 is 36.3 Å². The Morgan fingerprint density at radius 1 is 1.28 bits per heavy atom. The van der Waals surface area contributed by atoms with E-state index in [1.54, 1.807) is 6.92 Å². The fourth-order valence-electron chi connectivity index (χ4n) is 0.774. The molecular formula is C10H14O6S2. The van der Waals surface area contributed by atoms with E-state index in [1.807, 2.05) is 0 Å². The predicted octanol–water partition coefficient (Wildman–Crippen LogP) is 1.60. The molecule has 0 saturated heterocycles. The van der Waals surface area contributed by atoms with Gasteiger partial charge >= 0.3 is 11.9 Å². The molecule has 0 rings (SSSR count). The summed E-state index contributed by atoms with van der Waals surface area (Å²) in [4.78, 5) is 22.4. The van der Waals surface area contributed by atoms with Crippen LogP contribution in [0.2, 0.25) is 0 Å². The third kappa shape index (κ3) is 5.37. The Morgan fingerprint density at radius 3 is 2.28 bits per heavy atom. The minimum absolute atomic E-state index is 0.112. The average molecular weight is 294 g/mol. The first-order chi connectivity index (χ1) is 8.47. The maximum absolute atomic E-state index is 11.4. The van der Waals surface area contributed by atoms with Gasteiger partial charge < -0.3 is 19.3 Å². The Bertz CT molecular complexity index is 375. The van der Waals surface area contributed by atoms with Gasteiger partial charge in [-0.2, -0.15) is 0 Å². The third-order valence-corrected chi connectivity index (χ3v) is 3.02. The van der Waals surface area contributed by atoms with Crippen LogP contribution in [0.25, 0.3) is 0 Å². The lowest BCUT2D eigenvalue weighted by Gasteiger charge is -2.06. The van der Waals surface area contributed by atoms with Crippen LogP contribution in [-0.4, -0.2) is 37.9 Å². The van der Waals surface area contributed by atoms with Gasteiger partial charge in [0.05, 0.1) is 26.2 Å². The highest BCUT2D eigenvalue weighted by molar-refractivity contribution is 8.07. The number of ether oxygens (including phenoxy) is 3. The lowest BCUT2D eigenvalue weighted by molar-refractivity contribution is -0.138. The minimum atomic E-state index is -0.782. The Balaban J connectivity index is 5.09. The van der Waals surface area contributed by atoms with Gasteiger partial charge in [-0.05, 0) is 6.92 Å². The number of rotatable bonds is 6. The number of methoxy groups -OCH3 is 2. The zero-order chi connectivity index (χ0) is 14.1. The first kappa shape index (κ1) is 16.7.